The number of hydrogen-bond donors (Lipinski definition) is 1. The highest BCUT2D eigenvalue weighted by molar-refractivity contribution is 7.98. The van der Waals surface area contributed by atoms with Gasteiger partial charge in [0.2, 0.25) is 0 Å². The predicted octanol–water partition coefficient (Wildman–Crippen LogP) is 3.41. The maximum atomic E-state index is 12.0. The fourth-order valence-electron chi connectivity index (χ4n) is 2.19. The first-order valence-corrected chi connectivity index (χ1v) is 9.24. The summed E-state index contributed by atoms with van der Waals surface area (Å²) in [4.78, 5) is 23.8. The Morgan fingerprint density at radius 2 is 2.00 bits per heavy atom. The van der Waals surface area contributed by atoms with Gasteiger partial charge in [-0.25, -0.2) is 14.3 Å². The molecular weight excluding hydrogens is 354 g/mol. The van der Waals surface area contributed by atoms with Gasteiger partial charge in [-0.15, -0.1) is 11.8 Å². The molecule has 0 saturated heterocycles. The van der Waals surface area contributed by atoms with Crippen LogP contribution in [0.15, 0.2) is 35.4 Å². The molecule has 140 valence electrons. The molecule has 0 atom stereocenters. The molecule has 1 aromatic carbocycles. The number of nitrogens with one attached hydrogen (secondary N) is 1. The van der Waals surface area contributed by atoms with Crippen molar-refractivity contribution in [1.82, 2.24) is 15.1 Å². The van der Waals surface area contributed by atoms with E-state index in [1.165, 1.54) is 23.6 Å². The van der Waals surface area contributed by atoms with Crippen molar-refractivity contribution in [3.63, 3.8) is 0 Å². The van der Waals surface area contributed by atoms with Gasteiger partial charge in [-0.3, -0.25) is 0 Å². The molecule has 0 bridgehead atoms. The van der Waals surface area contributed by atoms with Crippen LogP contribution in [0.1, 0.15) is 36.8 Å². The van der Waals surface area contributed by atoms with Gasteiger partial charge in [-0.2, -0.15) is 5.10 Å². The van der Waals surface area contributed by atoms with Crippen molar-refractivity contribution in [3.8, 4) is 5.69 Å². The quantitative estimate of drug-likeness (QED) is 0.635. The van der Waals surface area contributed by atoms with Crippen LogP contribution >= 0.6 is 11.8 Å². The van der Waals surface area contributed by atoms with Gasteiger partial charge in [0.1, 0.15) is 10.6 Å². The number of methoxy groups -OCH3 is 1. The molecule has 8 heteroatoms. The Morgan fingerprint density at radius 3 is 2.62 bits per heavy atom. The minimum atomic E-state index is -0.551. The Morgan fingerprint density at radius 1 is 1.27 bits per heavy atom. The largest absolute Gasteiger partial charge is 0.464 e. The predicted molar refractivity (Wildman–Crippen MR) is 99.8 cm³/mol. The first-order valence-electron chi connectivity index (χ1n) is 8.02. The number of carbonyl (C=O) groups is 2. The summed E-state index contributed by atoms with van der Waals surface area (Å²) >= 11 is 1.44. The third-order valence-electron chi connectivity index (χ3n) is 3.28. The van der Waals surface area contributed by atoms with E-state index in [1.807, 2.05) is 51.3 Å². The van der Waals surface area contributed by atoms with Crippen LogP contribution in [0.25, 0.3) is 5.69 Å². The molecule has 1 heterocycles. The van der Waals surface area contributed by atoms with E-state index in [0.29, 0.717) is 23.0 Å². The van der Waals surface area contributed by atoms with Crippen molar-refractivity contribution in [2.24, 2.45) is 0 Å². The summed E-state index contributed by atoms with van der Waals surface area (Å²) < 4.78 is 11.6. The lowest BCUT2D eigenvalue weighted by molar-refractivity contribution is 0.0522. The number of alkyl carbamates (subject to hydrolysis) is 1. The molecule has 0 saturated carbocycles. The second kappa shape index (κ2) is 8.27. The summed E-state index contributed by atoms with van der Waals surface area (Å²) in [6.07, 6.45) is 1.40. The number of rotatable bonds is 5. The van der Waals surface area contributed by atoms with Gasteiger partial charge in [0.15, 0.2) is 5.69 Å². The average Bonchev–Trinajstić information content (AvgIpc) is 3.02. The lowest BCUT2D eigenvalue weighted by Crippen LogP contribution is -2.32. The van der Waals surface area contributed by atoms with Crippen LogP contribution < -0.4 is 5.32 Å². The molecule has 0 aliphatic rings. The van der Waals surface area contributed by atoms with E-state index >= 15 is 0 Å². The Labute approximate surface area is 157 Å². The maximum Gasteiger partial charge on any atom is 0.407 e. The van der Waals surface area contributed by atoms with Crippen molar-refractivity contribution in [2.45, 2.75) is 37.9 Å². The third-order valence-corrected chi connectivity index (χ3v) is 3.90. The number of aromatic nitrogens is 2. The Bertz CT molecular complexity index is 796. The second-order valence-corrected chi connectivity index (χ2v) is 7.33. The van der Waals surface area contributed by atoms with E-state index in [-0.39, 0.29) is 0 Å². The fraction of sp³-hybridized carbons (Fsp3) is 0.389. The van der Waals surface area contributed by atoms with Crippen molar-refractivity contribution in [3.05, 3.63) is 41.6 Å². The normalized spacial score (nSPS) is 11.1. The highest BCUT2D eigenvalue weighted by atomic mass is 32.2. The molecule has 2 aromatic rings. The standard InChI is InChI=1S/C18H23N3O4S/c1-18(2,3)25-17(23)19-11-12-7-6-8-13(9-12)21-14(16(22)24-4)10-15(20-21)26-5/h6-10H,11H2,1-5H3,(H,19,23). The molecule has 0 fully saturated rings. The van der Waals surface area contributed by atoms with Crippen molar-refractivity contribution < 1.29 is 19.1 Å². The first-order chi connectivity index (χ1) is 12.2. The van der Waals surface area contributed by atoms with Gasteiger partial charge >= 0.3 is 12.1 Å². The molecule has 0 radical (unpaired) electrons. The summed E-state index contributed by atoms with van der Waals surface area (Å²) in [6, 6.07) is 9.07. The number of nitrogens with zero attached hydrogens (tertiary/aromatic N) is 2. The van der Waals surface area contributed by atoms with Crippen molar-refractivity contribution in [2.75, 3.05) is 13.4 Å². The van der Waals surface area contributed by atoms with Crippen LogP contribution in [-0.2, 0) is 16.0 Å². The summed E-state index contributed by atoms with van der Waals surface area (Å²) in [5.41, 5.74) is 1.35. The van der Waals surface area contributed by atoms with Crippen LogP contribution in [0.4, 0.5) is 4.79 Å². The molecule has 0 aliphatic carbocycles. The van der Waals surface area contributed by atoms with Gasteiger partial charge in [-0.1, -0.05) is 12.1 Å². The van der Waals surface area contributed by atoms with Crippen molar-refractivity contribution >= 4 is 23.8 Å². The second-order valence-electron chi connectivity index (χ2n) is 6.50. The summed E-state index contributed by atoms with van der Waals surface area (Å²) in [6.45, 7) is 5.72. The average molecular weight is 377 g/mol. The first kappa shape index (κ1) is 19.8. The summed E-state index contributed by atoms with van der Waals surface area (Å²) in [5.74, 6) is -0.463. The zero-order valence-corrected chi connectivity index (χ0v) is 16.3. The zero-order chi connectivity index (χ0) is 19.3. The molecule has 0 aliphatic heterocycles. The van der Waals surface area contributed by atoms with Gasteiger partial charge in [0.25, 0.3) is 0 Å². The number of carbonyl (C=O) groups excluding carboxylic acids is 2. The van der Waals surface area contributed by atoms with Gasteiger partial charge < -0.3 is 14.8 Å². The molecule has 7 nitrogen and oxygen atoms in total. The zero-order valence-electron chi connectivity index (χ0n) is 15.5. The Balaban J connectivity index is 2.20. The number of amides is 1. The van der Waals surface area contributed by atoms with E-state index in [9.17, 15) is 9.59 Å². The lowest BCUT2D eigenvalue weighted by Gasteiger charge is -2.19. The van der Waals surface area contributed by atoms with Gasteiger partial charge in [-0.05, 0) is 44.7 Å². The number of hydrogen-bond acceptors (Lipinski definition) is 6. The third kappa shape index (κ3) is 5.26. The van der Waals surface area contributed by atoms with E-state index < -0.39 is 17.7 Å². The molecule has 1 aromatic heterocycles. The number of thioether (sulfide) groups is 1. The molecule has 26 heavy (non-hydrogen) atoms. The Hall–Kier alpha value is -2.48. The van der Waals surface area contributed by atoms with E-state index in [4.69, 9.17) is 9.47 Å². The van der Waals surface area contributed by atoms with E-state index in [2.05, 4.69) is 10.4 Å². The molecule has 0 spiro atoms. The monoisotopic (exact) mass is 377 g/mol. The minimum Gasteiger partial charge on any atom is -0.464 e. The van der Waals surface area contributed by atoms with Gasteiger partial charge in [0, 0.05) is 12.6 Å². The summed E-state index contributed by atoms with van der Waals surface area (Å²) in [7, 11) is 1.33. The van der Waals surface area contributed by atoms with Crippen LogP contribution in [0, 0.1) is 0 Å². The highest BCUT2D eigenvalue weighted by Gasteiger charge is 2.18. The molecule has 1 N–H and O–H groups in total. The number of esters is 1. The lowest BCUT2D eigenvalue weighted by atomic mass is 10.2. The number of benzene rings is 1. The SMILES string of the molecule is COC(=O)c1cc(SC)nn1-c1cccc(CNC(=O)OC(C)(C)C)c1. The maximum absolute atomic E-state index is 12.0. The molecule has 2 rings (SSSR count). The van der Waals surface area contributed by atoms with Gasteiger partial charge in [0.05, 0.1) is 12.8 Å². The van der Waals surface area contributed by atoms with Crippen LogP contribution in [0.2, 0.25) is 0 Å². The van der Waals surface area contributed by atoms with Crippen LogP contribution in [-0.4, -0.2) is 40.8 Å². The van der Waals surface area contributed by atoms with E-state index in [1.54, 1.807) is 6.07 Å². The van der Waals surface area contributed by atoms with Crippen LogP contribution in [0.5, 0.6) is 0 Å². The molecule has 0 unspecified atom stereocenters. The van der Waals surface area contributed by atoms with E-state index in [0.717, 1.165) is 5.56 Å². The van der Waals surface area contributed by atoms with Crippen LogP contribution in [0.3, 0.4) is 0 Å². The summed E-state index contributed by atoms with van der Waals surface area (Å²) in [5, 5.41) is 7.84. The molecular formula is C18H23N3O4S. The van der Waals surface area contributed by atoms with Crippen molar-refractivity contribution in [1.29, 1.82) is 0 Å². The Kier molecular flexibility index (Phi) is 6.31. The molecule has 1 amide bonds. The fourth-order valence-corrected chi connectivity index (χ4v) is 2.59. The number of ether oxygens (including phenoxy) is 2. The highest BCUT2D eigenvalue weighted by Crippen LogP contribution is 2.20. The minimum absolute atomic E-state index is 0.299. The smallest absolute Gasteiger partial charge is 0.407 e. The topological polar surface area (TPSA) is 82.5 Å².